The second-order valence-corrected chi connectivity index (χ2v) is 7.72. The third-order valence-electron chi connectivity index (χ3n) is 4.75. The molecule has 3 aromatic rings. The van der Waals surface area contributed by atoms with Crippen molar-refractivity contribution in [2.45, 2.75) is 6.92 Å². The van der Waals surface area contributed by atoms with Gasteiger partial charge in [0, 0.05) is 10.4 Å². The van der Waals surface area contributed by atoms with Crippen LogP contribution in [0, 0.1) is 0 Å². The first-order chi connectivity index (χ1) is 15.9. The average molecular weight is 472 g/mol. The summed E-state index contributed by atoms with van der Waals surface area (Å²) in [6.07, 6.45) is 0. The fourth-order valence-electron chi connectivity index (χ4n) is 3.14. The predicted molar refractivity (Wildman–Crippen MR) is 126 cm³/mol. The lowest BCUT2D eigenvalue weighted by atomic mass is 10.1. The van der Waals surface area contributed by atoms with Crippen molar-refractivity contribution in [1.29, 1.82) is 0 Å². The van der Waals surface area contributed by atoms with Gasteiger partial charge in [-0.3, -0.25) is 4.79 Å². The van der Waals surface area contributed by atoms with Crippen LogP contribution in [0.15, 0.2) is 42.5 Å². The zero-order chi connectivity index (χ0) is 24.0. The Kier molecular flexibility index (Phi) is 7.78. The summed E-state index contributed by atoms with van der Waals surface area (Å²) in [7, 11) is 6.12. The van der Waals surface area contributed by atoms with Gasteiger partial charge in [-0.1, -0.05) is 0 Å². The molecule has 0 bridgehead atoms. The molecule has 1 amide bonds. The Balaban J connectivity index is 1.98. The van der Waals surface area contributed by atoms with Crippen molar-refractivity contribution in [3.05, 3.63) is 52.9 Å². The normalized spacial score (nSPS) is 10.3. The van der Waals surface area contributed by atoms with E-state index in [1.165, 1.54) is 25.6 Å². The number of nitrogens with one attached hydrogen (secondary N) is 1. The van der Waals surface area contributed by atoms with Gasteiger partial charge in [-0.2, -0.15) is 0 Å². The minimum absolute atomic E-state index is 0.214. The number of thiophene rings is 1. The van der Waals surface area contributed by atoms with Crippen molar-refractivity contribution < 1.29 is 33.3 Å². The zero-order valence-electron chi connectivity index (χ0n) is 19.0. The van der Waals surface area contributed by atoms with Crippen LogP contribution in [0.25, 0.3) is 10.4 Å². The van der Waals surface area contributed by atoms with E-state index >= 15 is 0 Å². The smallest absolute Gasteiger partial charge is 0.350 e. The second kappa shape index (κ2) is 10.7. The molecule has 0 radical (unpaired) electrons. The van der Waals surface area contributed by atoms with E-state index in [2.05, 4.69) is 5.32 Å². The molecule has 1 aromatic heterocycles. The largest absolute Gasteiger partial charge is 0.493 e. The van der Waals surface area contributed by atoms with Crippen molar-refractivity contribution in [1.82, 2.24) is 0 Å². The average Bonchev–Trinajstić information content (AvgIpc) is 3.26. The molecule has 33 heavy (non-hydrogen) atoms. The summed E-state index contributed by atoms with van der Waals surface area (Å²) in [4.78, 5) is 26.6. The number of anilines is 1. The van der Waals surface area contributed by atoms with E-state index < -0.39 is 11.9 Å². The first-order valence-corrected chi connectivity index (χ1v) is 10.8. The van der Waals surface area contributed by atoms with Crippen LogP contribution >= 0.6 is 11.3 Å². The third kappa shape index (κ3) is 5.20. The molecule has 2 aromatic carbocycles. The summed E-state index contributed by atoms with van der Waals surface area (Å²) in [5.74, 6) is 1.15. The Morgan fingerprint density at radius 1 is 0.818 bits per heavy atom. The fraction of sp³-hybridized carbons (Fsp3) is 0.250. The monoisotopic (exact) mass is 471 g/mol. The van der Waals surface area contributed by atoms with Gasteiger partial charge in [0.15, 0.2) is 23.0 Å². The number of methoxy groups -OCH3 is 4. The summed E-state index contributed by atoms with van der Waals surface area (Å²) in [5, 5.41) is 2.81. The number of benzene rings is 2. The number of ether oxygens (including phenoxy) is 5. The molecule has 0 saturated heterocycles. The number of amides is 1. The van der Waals surface area contributed by atoms with Gasteiger partial charge < -0.3 is 29.0 Å². The molecule has 0 fully saturated rings. The Labute approximate surface area is 196 Å². The molecular weight excluding hydrogens is 446 g/mol. The first-order valence-electron chi connectivity index (χ1n) is 10.0. The third-order valence-corrected chi connectivity index (χ3v) is 5.92. The van der Waals surface area contributed by atoms with Gasteiger partial charge in [0.2, 0.25) is 0 Å². The minimum atomic E-state index is -0.517. The maximum absolute atomic E-state index is 13.0. The van der Waals surface area contributed by atoms with Crippen LogP contribution in [-0.2, 0) is 4.74 Å². The summed E-state index contributed by atoms with van der Waals surface area (Å²) in [6.45, 7) is 1.94. The molecule has 3 rings (SSSR count). The van der Waals surface area contributed by atoms with E-state index in [-0.39, 0.29) is 11.5 Å². The molecule has 0 atom stereocenters. The molecule has 0 unspecified atom stereocenters. The number of hydrogen-bond donors (Lipinski definition) is 1. The van der Waals surface area contributed by atoms with Crippen molar-refractivity contribution >= 4 is 28.9 Å². The molecule has 0 aliphatic rings. The van der Waals surface area contributed by atoms with Gasteiger partial charge in [0.05, 0.1) is 40.7 Å². The highest BCUT2D eigenvalue weighted by Gasteiger charge is 2.22. The van der Waals surface area contributed by atoms with E-state index in [1.807, 2.05) is 6.07 Å². The summed E-state index contributed by atoms with van der Waals surface area (Å²) in [6, 6.07) is 12.0. The minimum Gasteiger partial charge on any atom is -0.493 e. The van der Waals surface area contributed by atoms with Crippen molar-refractivity contribution in [3.8, 4) is 33.4 Å². The van der Waals surface area contributed by atoms with Crippen LogP contribution in [0.5, 0.6) is 23.0 Å². The van der Waals surface area contributed by atoms with Gasteiger partial charge in [-0.25, -0.2) is 4.79 Å². The van der Waals surface area contributed by atoms with Crippen LogP contribution < -0.4 is 24.3 Å². The number of rotatable bonds is 9. The first kappa shape index (κ1) is 23.9. The van der Waals surface area contributed by atoms with Gasteiger partial charge >= 0.3 is 5.97 Å². The predicted octanol–water partition coefficient (Wildman–Crippen LogP) is 4.88. The van der Waals surface area contributed by atoms with Crippen molar-refractivity contribution in [2.75, 3.05) is 40.4 Å². The highest BCUT2D eigenvalue weighted by molar-refractivity contribution is 7.18. The van der Waals surface area contributed by atoms with Crippen LogP contribution in [-0.4, -0.2) is 46.9 Å². The second-order valence-electron chi connectivity index (χ2n) is 6.67. The Morgan fingerprint density at radius 3 is 2.03 bits per heavy atom. The van der Waals surface area contributed by atoms with Gasteiger partial charge in [-0.05, 0) is 55.0 Å². The Bertz CT molecular complexity index is 1160. The number of carbonyl (C=O) groups is 2. The quantitative estimate of drug-likeness (QED) is 0.445. The molecule has 0 aliphatic heterocycles. The van der Waals surface area contributed by atoms with Gasteiger partial charge in [0.1, 0.15) is 4.88 Å². The van der Waals surface area contributed by atoms with Crippen LogP contribution in [0.3, 0.4) is 0 Å². The summed E-state index contributed by atoms with van der Waals surface area (Å²) >= 11 is 1.21. The molecule has 0 spiro atoms. The van der Waals surface area contributed by atoms with E-state index in [9.17, 15) is 9.59 Å². The van der Waals surface area contributed by atoms with Crippen LogP contribution in [0.1, 0.15) is 27.0 Å². The zero-order valence-corrected chi connectivity index (χ0v) is 19.8. The van der Waals surface area contributed by atoms with Gasteiger partial charge in [0.25, 0.3) is 5.91 Å². The van der Waals surface area contributed by atoms with E-state index in [0.717, 1.165) is 10.4 Å². The molecule has 1 N–H and O–H groups in total. The lowest BCUT2D eigenvalue weighted by molar-refractivity contribution is 0.0533. The highest BCUT2D eigenvalue weighted by atomic mass is 32.1. The molecular formula is C24H25NO7S. The number of carbonyl (C=O) groups excluding carboxylic acids is 2. The molecule has 0 aliphatic carbocycles. The Morgan fingerprint density at radius 2 is 1.42 bits per heavy atom. The maximum Gasteiger partial charge on any atom is 0.350 e. The number of esters is 1. The molecule has 1 heterocycles. The lowest BCUT2D eigenvalue weighted by Crippen LogP contribution is -2.14. The van der Waals surface area contributed by atoms with Crippen molar-refractivity contribution in [3.63, 3.8) is 0 Å². The van der Waals surface area contributed by atoms with Crippen LogP contribution in [0.4, 0.5) is 5.69 Å². The maximum atomic E-state index is 13.0. The van der Waals surface area contributed by atoms with Crippen molar-refractivity contribution in [2.24, 2.45) is 0 Å². The van der Waals surface area contributed by atoms with Crippen LogP contribution in [0.2, 0.25) is 0 Å². The molecule has 174 valence electrons. The number of hydrogen-bond acceptors (Lipinski definition) is 8. The van der Waals surface area contributed by atoms with Gasteiger partial charge in [-0.15, -0.1) is 11.3 Å². The standard InChI is InChI=1S/C24H25NO7S/c1-6-32-24(27)22-16(25-23(26)15-8-10-18(29-3)20(12-15)31-5)13-21(33-22)14-7-9-17(28-2)19(11-14)30-4/h7-13H,6H2,1-5H3,(H,25,26). The topological polar surface area (TPSA) is 92.3 Å². The molecule has 9 heteroatoms. The summed E-state index contributed by atoms with van der Waals surface area (Å²) < 4.78 is 26.4. The molecule has 0 saturated carbocycles. The highest BCUT2D eigenvalue weighted by Crippen LogP contribution is 2.39. The summed E-state index contributed by atoms with van der Waals surface area (Å²) in [5.41, 5.74) is 1.50. The Hall–Kier alpha value is -3.72. The lowest BCUT2D eigenvalue weighted by Gasteiger charge is -2.10. The van der Waals surface area contributed by atoms with E-state index in [1.54, 1.807) is 57.5 Å². The molecule has 8 nitrogen and oxygen atoms in total. The van der Waals surface area contributed by atoms with E-state index in [0.29, 0.717) is 34.2 Å². The SMILES string of the molecule is CCOC(=O)c1sc(-c2ccc(OC)c(OC)c2)cc1NC(=O)c1ccc(OC)c(OC)c1. The fourth-order valence-corrected chi connectivity index (χ4v) is 4.14. The van der Waals surface area contributed by atoms with E-state index in [4.69, 9.17) is 23.7 Å².